The minimum atomic E-state index is -0.147. The number of amides is 2. The van der Waals surface area contributed by atoms with Crippen LogP contribution in [0.3, 0.4) is 0 Å². The number of hydrogen-bond donors (Lipinski definition) is 1. The molecule has 0 atom stereocenters. The zero-order valence-electron chi connectivity index (χ0n) is 18.1. The summed E-state index contributed by atoms with van der Waals surface area (Å²) in [6.07, 6.45) is 2.76. The number of hydrazone groups is 1. The molecule has 2 aliphatic rings. The van der Waals surface area contributed by atoms with Gasteiger partial charge in [-0.1, -0.05) is 58.4 Å². The summed E-state index contributed by atoms with van der Waals surface area (Å²) >= 11 is 3.55. The van der Waals surface area contributed by atoms with E-state index in [2.05, 4.69) is 38.5 Å². The van der Waals surface area contributed by atoms with Gasteiger partial charge in [0.05, 0.1) is 12.3 Å². The molecule has 0 radical (unpaired) electrons. The molecule has 2 heterocycles. The average molecular weight is 498 g/mol. The van der Waals surface area contributed by atoms with E-state index in [0.717, 1.165) is 35.0 Å². The van der Waals surface area contributed by atoms with Crippen LogP contribution < -0.4 is 5.32 Å². The maximum absolute atomic E-state index is 12.6. The first-order chi connectivity index (χ1) is 15.6. The van der Waals surface area contributed by atoms with E-state index in [-0.39, 0.29) is 30.1 Å². The number of halogens is 1. The Morgan fingerprint density at radius 2 is 1.84 bits per heavy atom. The van der Waals surface area contributed by atoms with Crippen molar-refractivity contribution in [3.8, 4) is 0 Å². The Balaban J connectivity index is 1.30. The SMILES string of the molecule is O=C(CCC(=O)N1CCC(c2ccccc2)=N1)NCC1(c2cccc(Br)c2)CCOCC1. The van der Waals surface area contributed by atoms with E-state index in [9.17, 15) is 9.59 Å². The molecule has 1 fully saturated rings. The topological polar surface area (TPSA) is 71.0 Å². The van der Waals surface area contributed by atoms with Crippen molar-refractivity contribution in [2.24, 2.45) is 5.10 Å². The van der Waals surface area contributed by atoms with E-state index in [1.165, 1.54) is 10.6 Å². The van der Waals surface area contributed by atoms with Crippen LogP contribution in [0.2, 0.25) is 0 Å². The van der Waals surface area contributed by atoms with Gasteiger partial charge in [0.1, 0.15) is 0 Å². The van der Waals surface area contributed by atoms with Crippen LogP contribution in [0.25, 0.3) is 0 Å². The van der Waals surface area contributed by atoms with E-state index in [1.54, 1.807) is 0 Å². The first-order valence-electron chi connectivity index (χ1n) is 11.1. The molecule has 1 saturated heterocycles. The van der Waals surface area contributed by atoms with Crippen LogP contribution in [0, 0.1) is 0 Å². The van der Waals surface area contributed by atoms with Crippen molar-refractivity contribution >= 4 is 33.5 Å². The fraction of sp³-hybridized carbons (Fsp3) is 0.400. The summed E-state index contributed by atoms with van der Waals surface area (Å²) in [5.41, 5.74) is 3.01. The van der Waals surface area contributed by atoms with Gasteiger partial charge < -0.3 is 10.1 Å². The highest BCUT2D eigenvalue weighted by Gasteiger charge is 2.35. The minimum Gasteiger partial charge on any atom is -0.381 e. The van der Waals surface area contributed by atoms with Gasteiger partial charge in [0.25, 0.3) is 0 Å². The smallest absolute Gasteiger partial charge is 0.243 e. The van der Waals surface area contributed by atoms with Crippen molar-refractivity contribution in [3.05, 3.63) is 70.2 Å². The second-order valence-electron chi connectivity index (χ2n) is 8.36. The number of benzene rings is 2. The van der Waals surface area contributed by atoms with Gasteiger partial charge in [-0.3, -0.25) is 9.59 Å². The van der Waals surface area contributed by atoms with E-state index in [0.29, 0.717) is 26.3 Å². The molecule has 0 aromatic heterocycles. The lowest BCUT2D eigenvalue weighted by Crippen LogP contribution is -2.44. The van der Waals surface area contributed by atoms with Crippen LogP contribution >= 0.6 is 15.9 Å². The van der Waals surface area contributed by atoms with E-state index in [1.807, 2.05) is 42.5 Å². The predicted octanol–water partition coefficient (Wildman–Crippen LogP) is 4.03. The maximum Gasteiger partial charge on any atom is 0.243 e. The summed E-state index contributed by atoms with van der Waals surface area (Å²) in [6.45, 7) is 2.46. The van der Waals surface area contributed by atoms with Gasteiger partial charge in [-0.15, -0.1) is 0 Å². The molecule has 2 amide bonds. The van der Waals surface area contributed by atoms with Gasteiger partial charge in [-0.05, 0) is 36.1 Å². The van der Waals surface area contributed by atoms with Crippen LogP contribution in [0.5, 0.6) is 0 Å². The number of rotatable bonds is 7. The lowest BCUT2D eigenvalue weighted by atomic mass is 9.74. The molecule has 4 rings (SSSR count). The fourth-order valence-electron chi connectivity index (χ4n) is 4.32. The van der Waals surface area contributed by atoms with Crippen molar-refractivity contribution in [2.45, 2.75) is 37.5 Å². The van der Waals surface area contributed by atoms with E-state index in [4.69, 9.17) is 4.74 Å². The van der Waals surface area contributed by atoms with E-state index >= 15 is 0 Å². The van der Waals surface area contributed by atoms with Crippen molar-refractivity contribution < 1.29 is 14.3 Å². The van der Waals surface area contributed by atoms with Crippen LogP contribution in [0.1, 0.15) is 43.2 Å². The number of carbonyl (C=O) groups excluding carboxylic acids is 2. The Labute approximate surface area is 197 Å². The van der Waals surface area contributed by atoms with E-state index < -0.39 is 0 Å². The second-order valence-corrected chi connectivity index (χ2v) is 9.28. The molecule has 7 heteroatoms. The zero-order valence-corrected chi connectivity index (χ0v) is 19.6. The summed E-state index contributed by atoms with van der Waals surface area (Å²) in [7, 11) is 0. The number of nitrogens with one attached hydrogen (secondary N) is 1. The molecule has 1 N–H and O–H groups in total. The third kappa shape index (κ3) is 5.45. The highest BCUT2D eigenvalue weighted by atomic mass is 79.9. The second kappa shape index (κ2) is 10.4. The Bertz CT molecular complexity index is 987. The van der Waals surface area contributed by atoms with Gasteiger partial charge in [0.15, 0.2) is 0 Å². The normalized spacial score (nSPS) is 17.7. The van der Waals surface area contributed by atoms with Crippen LogP contribution in [-0.2, 0) is 19.7 Å². The highest BCUT2D eigenvalue weighted by molar-refractivity contribution is 9.10. The summed E-state index contributed by atoms with van der Waals surface area (Å²) in [5, 5.41) is 9.04. The molecular formula is C25H28BrN3O3. The summed E-state index contributed by atoms with van der Waals surface area (Å²) in [6, 6.07) is 18.1. The van der Waals surface area contributed by atoms with Crippen LogP contribution in [0.15, 0.2) is 64.2 Å². The van der Waals surface area contributed by atoms with Crippen LogP contribution in [-0.4, -0.2) is 48.8 Å². The molecule has 0 spiro atoms. The monoisotopic (exact) mass is 497 g/mol. The number of ether oxygens (including phenoxy) is 1. The summed E-state index contributed by atoms with van der Waals surface area (Å²) in [5.74, 6) is -0.218. The summed E-state index contributed by atoms with van der Waals surface area (Å²) < 4.78 is 6.60. The lowest BCUT2D eigenvalue weighted by molar-refractivity contribution is -0.133. The van der Waals surface area contributed by atoms with Crippen molar-refractivity contribution in [2.75, 3.05) is 26.3 Å². The molecule has 0 saturated carbocycles. The standard InChI is InChI=1S/C25H28BrN3O3/c26-21-8-4-7-20(17-21)25(12-15-32-16-13-25)18-27-23(30)9-10-24(31)29-14-11-22(28-29)19-5-2-1-3-6-19/h1-8,17H,9-16,18H2,(H,27,30). The number of carbonyl (C=O) groups is 2. The van der Waals surface area contributed by atoms with Crippen molar-refractivity contribution in [1.82, 2.24) is 10.3 Å². The first-order valence-corrected chi connectivity index (χ1v) is 11.9. The Hall–Kier alpha value is -2.51. The Kier molecular flexibility index (Phi) is 7.37. The molecule has 6 nitrogen and oxygen atoms in total. The molecular weight excluding hydrogens is 470 g/mol. The molecule has 2 aliphatic heterocycles. The van der Waals surface area contributed by atoms with Gasteiger partial charge in [0, 0.05) is 48.9 Å². The maximum atomic E-state index is 12.6. The van der Waals surface area contributed by atoms with Crippen molar-refractivity contribution in [3.63, 3.8) is 0 Å². The number of nitrogens with zero attached hydrogens (tertiary/aromatic N) is 2. The van der Waals surface area contributed by atoms with Crippen molar-refractivity contribution in [1.29, 1.82) is 0 Å². The van der Waals surface area contributed by atoms with Gasteiger partial charge >= 0.3 is 0 Å². The zero-order chi connectivity index (χ0) is 22.4. The third-order valence-electron chi connectivity index (χ3n) is 6.27. The van der Waals surface area contributed by atoms with Gasteiger partial charge in [0.2, 0.25) is 11.8 Å². The Morgan fingerprint density at radius 1 is 1.06 bits per heavy atom. The summed E-state index contributed by atoms with van der Waals surface area (Å²) in [4.78, 5) is 25.1. The number of hydrogen-bond acceptors (Lipinski definition) is 4. The first kappa shape index (κ1) is 22.7. The largest absolute Gasteiger partial charge is 0.381 e. The molecule has 168 valence electrons. The molecule has 2 aromatic rings. The molecule has 0 unspecified atom stereocenters. The average Bonchev–Trinajstić information content (AvgIpc) is 3.33. The molecule has 32 heavy (non-hydrogen) atoms. The minimum absolute atomic E-state index is 0.106. The highest BCUT2D eigenvalue weighted by Crippen LogP contribution is 2.35. The molecule has 2 aromatic carbocycles. The quantitative estimate of drug-likeness (QED) is 0.627. The van der Waals surface area contributed by atoms with Crippen LogP contribution in [0.4, 0.5) is 0 Å². The fourth-order valence-corrected chi connectivity index (χ4v) is 4.72. The van der Waals surface area contributed by atoms with Gasteiger partial charge in [-0.2, -0.15) is 5.10 Å². The molecule has 0 bridgehead atoms. The Morgan fingerprint density at radius 3 is 2.59 bits per heavy atom. The predicted molar refractivity (Wildman–Crippen MR) is 127 cm³/mol. The van der Waals surface area contributed by atoms with Gasteiger partial charge in [-0.25, -0.2) is 5.01 Å². The molecule has 0 aliphatic carbocycles. The lowest BCUT2D eigenvalue weighted by Gasteiger charge is -2.38. The third-order valence-corrected chi connectivity index (χ3v) is 6.77.